The zero-order valence-electron chi connectivity index (χ0n) is 15.7. The van der Waals surface area contributed by atoms with Crippen molar-refractivity contribution >= 4 is 45.1 Å². The summed E-state index contributed by atoms with van der Waals surface area (Å²) in [5, 5.41) is 2.73. The van der Waals surface area contributed by atoms with Gasteiger partial charge in [-0.1, -0.05) is 33.6 Å². The fourth-order valence-corrected chi connectivity index (χ4v) is 3.40. The minimum atomic E-state index is -0.579. The second kappa shape index (κ2) is 8.56. The maximum Gasteiger partial charge on any atom is 0.311 e. The van der Waals surface area contributed by atoms with Crippen LogP contribution in [-0.4, -0.2) is 30.9 Å². The molecule has 1 atom stereocenters. The highest BCUT2D eigenvalue weighted by Crippen LogP contribution is 2.27. The van der Waals surface area contributed by atoms with Crippen molar-refractivity contribution in [1.82, 2.24) is 0 Å². The van der Waals surface area contributed by atoms with Crippen molar-refractivity contribution in [3.05, 3.63) is 58.1 Å². The predicted octanol–water partition coefficient (Wildman–Crippen LogP) is 3.60. The third-order valence-electron chi connectivity index (χ3n) is 4.60. The highest BCUT2D eigenvalue weighted by atomic mass is 79.9. The molecule has 0 radical (unpaired) electrons. The monoisotopic (exact) mass is 444 g/mol. The smallest absolute Gasteiger partial charge is 0.311 e. The Hall–Kier alpha value is -2.67. The lowest BCUT2D eigenvalue weighted by molar-refractivity contribution is -0.151. The van der Waals surface area contributed by atoms with Gasteiger partial charge in [0.15, 0.2) is 6.61 Å². The summed E-state index contributed by atoms with van der Waals surface area (Å²) >= 11 is 3.35. The van der Waals surface area contributed by atoms with Crippen molar-refractivity contribution in [2.75, 3.05) is 23.4 Å². The lowest BCUT2D eigenvalue weighted by Crippen LogP contribution is -2.28. The second-order valence-corrected chi connectivity index (χ2v) is 7.77. The van der Waals surface area contributed by atoms with E-state index in [2.05, 4.69) is 21.2 Å². The van der Waals surface area contributed by atoms with E-state index in [0.29, 0.717) is 5.69 Å². The van der Waals surface area contributed by atoms with E-state index in [4.69, 9.17) is 4.74 Å². The molecule has 0 aromatic heterocycles. The lowest BCUT2D eigenvalue weighted by Gasteiger charge is -2.16. The third-order valence-corrected chi connectivity index (χ3v) is 5.13. The zero-order valence-corrected chi connectivity index (χ0v) is 17.3. The molecule has 2 aromatic carbocycles. The molecule has 0 aliphatic carbocycles. The Morgan fingerprint density at radius 2 is 1.89 bits per heavy atom. The summed E-state index contributed by atoms with van der Waals surface area (Å²) in [6.45, 7) is 3.74. The number of benzene rings is 2. The molecule has 0 saturated carbocycles. The third kappa shape index (κ3) is 4.78. The van der Waals surface area contributed by atoms with Crippen LogP contribution >= 0.6 is 15.9 Å². The molecule has 1 aliphatic heterocycles. The van der Waals surface area contributed by atoms with Gasteiger partial charge in [-0.15, -0.1) is 0 Å². The molecule has 6 nitrogen and oxygen atoms in total. The van der Waals surface area contributed by atoms with Crippen LogP contribution in [0.25, 0.3) is 0 Å². The number of hydrogen-bond acceptors (Lipinski definition) is 4. The van der Waals surface area contributed by atoms with Crippen molar-refractivity contribution in [2.45, 2.75) is 20.3 Å². The fraction of sp³-hybridized carbons (Fsp3) is 0.286. The molecule has 2 aromatic rings. The van der Waals surface area contributed by atoms with Gasteiger partial charge in [0.1, 0.15) is 0 Å². The first-order chi connectivity index (χ1) is 13.3. The minimum Gasteiger partial charge on any atom is -0.455 e. The topological polar surface area (TPSA) is 75.7 Å². The number of carbonyl (C=O) groups is 3. The average Bonchev–Trinajstić information content (AvgIpc) is 3.04. The van der Waals surface area contributed by atoms with E-state index in [1.807, 2.05) is 56.3 Å². The molecule has 1 fully saturated rings. The predicted molar refractivity (Wildman–Crippen MR) is 110 cm³/mol. The van der Waals surface area contributed by atoms with Crippen LogP contribution < -0.4 is 10.2 Å². The first kappa shape index (κ1) is 20.1. The number of rotatable bonds is 5. The standard InChI is InChI=1S/C21H21BrN2O4/c1-13-3-8-18(14(2)9-13)23-19(25)12-28-21(27)15-10-20(26)24(11-15)17-6-4-16(22)5-7-17/h3-9,15H,10-12H2,1-2H3,(H,23,25)/t15-/m0/s1. The van der Waals surface area contributed by atoms with Crippen LogP contribution in [0.1, 0.15) is 17.5 Å². The number of esters is 1. The van der Waals surface area contributed by atoms with E-state index in [9.17, 15) is 14.4 Å². The van der Waals surface area contributed by atoms with E-state index in [1.54, 1.807) is 4.90 Å². The van der Waals surface area contributed by atoms with Crippen LogP contribution in [0.2, 0.25) is 0 Å². The van der Waals surface area contributed by atoms with E-state index >= 15 is 0 Å². The first-order valence-electron chi connectivity index (χ1n) is 8.93. The number of anilines is 2. The van der Waals surface area contributed by atoms with Crippen LogP contribution in [0.15, 0.2) is 46.9 Å². The summed E-state index contributed by atoms with van der Waals surface area (Å²) in [6.07, 6.45) is 0.0770. The summed E-state index contributed by atoms with van der Waals surface area (Å²) in [5.41, 5.74) is 3.45. The molecule has 1 aliphatic rings. The van der Waals surface area contributed by atoms with Gasteiger partial charge in [0.25, 0.3) is 5.91 Å². The lowest BCUT2D eigenvalue weighted by atomic mass is 10.1. The number of ether oxygens (including phenoxy) is 1. The summed E-state index contributed by atoms with van der Waals surface area (Å²) in [4.78, 5) is 38.2. The van der Waals surface area contributed by atoms with Crippen LogP contribution in [0.5, 0.6) is 0 Å². The quantitative estimate of drug-likeness (QED) is 0.714. The molecule has 0 spiro atoms. The fourth-order valence-electron chi connectivity index (χ4n) is 3.13. The Bertz CT molecular complexity index is 911. The van der Waals surface area contributed by atoms with Gasteiger partial charge < -0.3 is 15.0 Å². The van der Waals surface area contributed by atoms with Gasteiger partial charge in [0, 0.05) is 28.8 Å². The van der Waals surface area contributed by atoms with Crippen molar-refractivity contribution in [1.29, 1.82) is 0 Å². The molecule has 146 valence electrons. The molecule has 1 heterocycles. The number of halogens is 1. The average molecular weight is 445 g/mol. The number of amides is 2. The maximum absolute atomic E-state index is 12.3. The summed E-state index contributed by atoms with van der Waals surface area (Å²) in [6, 6.07) is 13.0. The zero-order chi connectivity index (χ0) is 20.3. The number of aryl methyl sites for hydroxylation is 2. The van der Waals surface area contributed by atoms with Gasteiger partial charge in [0.2, 0.25) is 5.91 Å². The van der Waals surface area contributed by atoms with Crippen molar-refractivity contribution < 1.29 is 19.1 Å². The van der Waals surface area contributed by atoms with Crippen molar-refractivity contribution in [3.63, 3.8) is 0 Å². The molecule has 2 amide bonds. The summed E-state index contributed by atoms with van der Waals surface area (Å²) < 4.78 is 6.05. The highest BCUT2D eigenvalue weighted by Gasteiger charge is 2.36. The van der Waals surface area contributed by atoms with Crippen LogP contribution in [-0.2, 0) is 19.1 Å². The van der Waals surface area contributed by atoms with E-state index in [1.165, 1.54) is 0 Å². The van der Waals surface area contributed by atoms with Gasteiger partial charge >= 0.3 is 5.97 Å². The molecule has 28 heavy (non-hydrogen) atoms. The van der Waals surface area contributed by atoms with Crippen molar-refractivity contribution in [2.24, 2.45) is 5.92 Å². The number of carbonyl (C=O) groups excluding carboxylic acids is 3. The van der Waals surface area contributed by atoms with Gasteiger partial charge in [-0.2, -0.15) is 0 Å². The Morgan fingerprint density at radius 3 is 2.57 bits per heavy atom. The number of nitrogens with one attached hydrogen (secondary N) is 1. The van der Waals surface area contributed by atoms with Crippen LogP contribution in [0.3, 0.4) is 0 Å². The Kier molecular flexibility index (Phi) is 6.14. The van der Waals surface area contributed by atoms with Gasteiger partial charge in [-0.25, -0.2) is 0 Å². The Balaban J connectivity index is 1.53. The summed E-state index contributed by atoms with van der Waals surface area (Å²) in [7, 11) is 0. The number of hydrogen-bond donors (Lipinski definition) is 1. The minimum absolute atomic E-state index is 0.0770. The van der Waals surface area contributed by atoms with Crippen LogP contribution in [0.4, 0.5) is 11.4 Å². The van der Waals surface area contributed by atoms with E-state index < -0.39 is 17.8 Å². The normalized spacial score (nSPS) is 16.2. The SMILES string of the molecule is Cc1ccc(NC(=O)COC(=O)[C@H]2CC(=O)N(c3ccc(Br)cc3)C2)c(C)c1. The Labute approximate surface area is 172 Å². The molecule has 1 N–H and O–H groups in total. The molecule has 0 bridgehead atoms. The Morgan fingerprint density at radius 1 is 1.18 bits per heavy atom. The van der Waals surface area contributed by atoms with Gasteiger partial charge in [0.05, 0.1) is 5.92 Å². The molecular formula is C21H21BrN2O4. The molecule has 0 unspecified atom stereocenters. The second-order valence-electron chi connectivity index (χ2n) is 6.86. The molecule has 3 rings (SSSR count). The highest BCUT2D eigenvalue weighted by molar-refractivity contribution is 9.10. The van der Waals surface area contributed by atoms with Gasteiger partial charge in [-0.3, -0.25) is 14.4 Å². The molecular weight excluding hydrogens is 424 g/mol. The summed E-state index contributed by atoms with van der Waals surface area (Å²) in [5.74, 6) is -1.66. The maximum atomic E-state index is 12.3. The van der Waals surface area contributed by atoms with Gasteiger partial charge in [-0.05, 0) is 49.7 Å². The van der Waals surface area contributed by atoms with E-state index in [-0.39, 0.29) is 25.5 Å². The van der Waals surface area contributed by atoms with E-state index in [0.717, 1.165) is 21.3 Å². The molecule has 7 heteroatoms. The molecule has 1 saturated heterocycles. The number of nitrogens with zero attached hydrogens (tertiary/aromatic N) is 1. The van der Waals surface area contributed by atoms with Crippen LogP contribution in [0, 0.1) is 19.8 Å². The largest absolute Gasteiger partial charge is 0.455 e. The first-order valence-corrected chi connectivity index (χ1v) is 9.72. The van der Waals surface area contributed by atoms with Crippen molar-refractivity contribution in [3.8, 4) is 0 Å².